The van der Waals surface area contributed by atoms with Crippen LogP contribution in [-0.4, -0.2) is 41.3 Å². The van der Waals surface area contributed by atoms with Gasteiger partial charge in [-0.2, -0.15) is 0 Å². The summed E-state index contributed by atoms with van der Waals surface area (Å²) < 4.78 is 0. The molecule has 1 atom stereocenters. The minimum absolute atomic E-state index is 0.350. The molecule has 20 heavy (non-hydrogen) atoms. The van der Waals surface area contributed by atoms with Crippen LogP contribution in [0.1, 0.15) is 31.7 Å². The van der Waals surface area contributed by atoms with Crippen LogP contribution < -0.4 is 0 Å². The van der Waals surface area contributed by atoms with Crippen molar-refractivity contribution in [2.45, 2.75) is 26.2 Å². The highest BCUT2D eigenvalue weighted by molar-refractivity contribution is 6.69. The number of nitrogens with zero attached hydrogens (tertiary/aromatic N) is 3. The van der Waals surface area contributed by atoms with Crippen molar-refractivity contribution in [3.8, 4) is 0 Å². The van der Waals surface area contributed by atoms with Gasteiger partial charge in [0.25, 0.3) is 0 Å². The van der Waals surface area contributed by atoms with E-state index in [1.54, 1.807) is 12.4 Å². The van der Waals surface area contributed by atoms with Crippen molar-refractivity contribution in [1.82, 2.24) is 9.88 Å². The van der Waals surface area contributed by atoms with Gasteiger partial charge < -0.3 is 9.74 Å². The summed E-state index contributed by atoms with van der Waals surface area (Å²) in [7, 11) is 0. The first-order valence-corrected chi connectivity index (χ1v) is 7.61. The number of hydrogen-bond acceptors (Lipinski definition) is 4. The van der Waals surface area contributed by atoms with Gasteiger partial charge in [-0.3, -0.25) is 4.98 Å². The van der Waals surface area contributed by atoms with Crippen molar-refractivity contribution in [1.29, 1.82) is 0 Å². The Balaban J connectivity index is 1.71. The molecular weight excluding hydrogens is 274 g/mol. The van der Waals surface area contributed by atoms with Crippen molar-refractivity contribution in [3.63, 3.8) is 0 Å². The summed E-state index contributed by atoms with van der Waals surface area (Å²) in [6.45, 7) is 6.27. The highest BCUT2D eigenvalue weighted by Gasteiger charge is 2.13. The number of aromatic nitrogens is 1. The van der Waals surface area contributed by atoms with Gasteiger partial charge in [0.1, 0.15) is 6.61 Å². The quantitative estimate of drug-likeness (QED) is 0.598. The summed E-state index contributed by atoms with van der Waals surface area (Å²) in [4.78, 5) is 11.9. The number of oxime groups is 1. The van der Waals surface area contributed by atoms with E-state index in [9.17, 15) is 0 Å². The molecule has 0 radical (unpaired) electrons. The number of piperidine rings is 1. The van der Waals surface area contributed by atoms with Crippen LogP contribution in [-0.2, 0) is 4.84 Å². The van der Waals surface area contributed by atoms with Crippen LogP contribution >= 0.6 is 11.6 Å². The van der Waals surface area contributed by atoms with Crippen molar-refractivity contribution in [3.05, 3.63) is 30.1 Å². The molecule has 0 aliphatic carbocycles. The molecule has 0 spiro atoms. The Morgan fingerprint density at radius 3 is 2.95 bits per heavy atom. The van der Waals surface area contributed by atoms with Crippen LogP contribution in [0.5, 0.6) is 0 Å². The van der Waals surface area contributed by atoms with E-state index in [4.69, 9.17) is 16.4 Å². The van der Waals surface area contributed by atoms with Crippen LogP contribution in [0.4, 0.5) is 0 Å². The van der Waals surface area contributed by atoms with Gasteiger partial charge in [-0.25, -0.2) is 0 Å². The highest BCUT2D eigenvalue weighted by Crippen LogP contribution is 2.11. The summed E-state index contributed by atoms with van der Waals surface area (Å²) in [5, 5.41) is 4.30. The Morgan fingerprint density at radius 1 is 1.45 bits per heavy atom. The van der Waals surface area contributed by atoms with Crippen LogP contribution in [0.15, 0.2) is 29.7 Å². The lowest BCUT2D eigenvalue weighted by Gasteiger charge is -2.28. The van der Waals surface area contributed by atoms with E-state index in [-0.39, 0.29) is 0 Å². The Bertz CT molecular complexity index is 418. The molecular formula is C15H22ClN3O. The lowest BCUT2D eigenvalue weighted by atomic mass is 10.1. The molecule has 1 unspecified atom stereocenters. The second-order valence-electron chi connectivity index (χ2n) is 5.39. The van der Waals surface area contributed by atoms with E-state index < -0.39 is 0 Å². The normalized spacial score (nSPS) is 18.8. The Labute approximate surface area is 125 Å². The van der Waals surface area contributed by atoms with E-state index in [0.717, 1.165) is 12.1 Å². The molecule has 1 saturated heterocycles. The molecule has 1 aromatic rings. The summed E-state index contributed by atoms with van der Waals surface area (Å²) >= 11 is 6.06. The topological polar surface area (TPSA) is 37.7 Å². The second kappa shape index (κ2) is 8.22. The van der Waals surface area contributed by atoms with Crippen LogP contribution in [0.2, 0.25) is 0 Å². The van der Waals surface area contributed by atoms with Crippen molar-refractivity contribution in [2.75, 3.05) is 26.2 Å². The average molecular weight is 296 g/mol. The molecule has 0 bridgehead atoms. The third-order valence-electron chi connectivity index (χ3n) is 3.42. The zero-order valence-corrected chi connectivity index (χ0v) is 12.7. The molecule has 4 nitrogen and oxygen atoms in total. The molecule has 0 amide bonds. The monoisotopic (exact) mass is 295 g/mol. The molecule has 1 aliphatic rings. The summed E-state index contributed by atoms with van der Waals surface area (Å²) in [5.74, 6) is 0.454. The predicted molar refractivity (Wildman–Crippen MR) is 82.0 cm³/mol. The number of hydrogen-bond donors (Lipinski definition) is 0. The average Bonchev–Trinajstić information content (AvgIpc) is 2.49. The number of pyridine rings is 1. The molecule has 2 rings (SSSR count). The van der Waals surface area contributed by atoms with Crippen molar-refractivity contribution < 1.29 is 4.84 Å². The van der Waals surface area contributed by atoms with Gasteiger partial charge in [-0.1, -0.05) is 30.1 Å². The SMILES string of the molecule is CC(CO/N=C(\Cl)c1cccnc1)CN1CCCCC1. The first-order chi connectivity index (χ1) is 9.75. The van der Waals surface area contributed by atoms with Gasteiger partial charge in [0.05, 0.1) is 0 Å². The lowest BCUT2D eigenvalue weighted by molar-refractivity contribution is 0.0894. The van der Waals surface area contributed by atoms with Crippen LogP contribution in [0, 0.1) is 5.92 Å². The first-order valence-electron chi connectivity index (χ1n) is 7.24. The zero-order valence-electron chi connectivity index (χ0n) is 12.0. The van der Waals surface area contributed by atoms with E-state index in [1.807, 2.05) is 12.1 Å². The Hall–Kier alpha value is -1.13. The number of likely N-dealkylation sites (tertiary alicyclic amines) is 1. The largest absolute Gasteiger partial charge is 0.394 e. The minimum atomic E-state index is 0.350. The maximum Gasteiger partial charge on any atom is 0.177 e. The first kappa shape index (κ1) is 15.3. The van der Waals surface area contributed by atoms with E-state index in [2.05, 4.69) is 22.0 Å². The molecule has 1 aromatic heterocycles. The third kappa shape index (κ3) is 5.10. The maximum absolute atomic E-state index is 6.06. The fourth-order valence-electron chi connectivity index (χ4n) is 2.39. The van der Waals surface area contributed by atoms with Gasteiger partial charge in [-0.05, 0) is 38.1 Å². The molecule has 0 N–H and O–H groups in total. The number of halogens is 1. The molecule has 110 valence electrons. The van der Waals surface area contributed by atoms with E-state index in [0.29, 0.717) is 17.7 Å². The van der Waals surface area contributed by atoms with Gasteiger partial charge >= 0.3 is 0 Å². The molecule has 1 aliphatic heterocycles. The molecule has 2 heterocycles. The lowest BCUT2D eigenvalue weighted by Crippen LogP contribution is -2.34. The number of rotatable bonds is 6. The second-order valence-corrected chi connectivity index (χ2v) is 5.74. The van der Waals surface area contributed by atoms with E-state index in [1.165, 1.54) is 32.4 Å². The summed E-state index contributed by atoms with van der Waals surface area (Å²) in [6.07, 6.45) is 7.38. The fraction of sp³-hybridized carbons (Fsp3) is 0.600. The van der Waals surface area contributed by atoms with Crippen LogP contribution in [0.3, 0.4) is 0 Å². The third-order valence-corrected chi connectivity index (χ3v) is 3.71. The van der Waals surface area contributed by atoms with Crippen LogP contribution in [0.25, 0.3) is 0 Å². The van der Waals surface area contributed by atoms with E-state index >= 15 is 0 Å². The van der Waals surface area contributed by atoms with Crippen molar-refractivity contribution in [2.24, 2.45) is 11.1 Å². The van der Waals surface area contributed by atoms with Gasteiger partial charge in [0.15, 0.2) is 5.17 Å². The Kier molecular flexibility index (Phi) is 6.27. The molecule has 0 aromatic carbocycles. The standard InChI is InChI=1S/C15H22ClN3O/c1-13(11-19-8-3-2-4-9-19)12-20-18-15(16)14-6-5-7-17-10-14/h5-7,10,13H,2-4,8-9,11-12H2,1H3/b18-15-. The smallest absolute Gasteiger partial charge is 0.177 e. The van der Waals surface area contributed by atoms with Gasteiger partial charge in [0, 0.05) is 30.4 Å². The highest BCUT2D eigenvalue weighted by atomic mass is 35.5. The molecule has 1 fully saturated rings. The Morgan fingerprint density at radius 2 is 2.25 bits per heavy atom. The maximum atomic E-state index is 6.06. The molecule has 5 heteroatoms. The van der Waals surface area contributed by atoms with Gasteiger partial charge in [0.2, 0.25) is 0 Å². The summed E-state index contributed by atoms with van der Waals surface area (Å²) in [5.41, 5.74) is 0.776. The fourth-order valence-corrected chi connectivity index (χ4v) is 2.55. The van der Waals surface area contributed by atoms with Crippen molar-refractivity contribution >= 4 is 16.8 Å². The summed E-state index contributed by atoms with van der Waals surface area (Å²) in [6, 6.07) is 3.69. The zero-order chi connectivity index (χ0) is 14.2. The predicted octanol–water partition coefficient (Wildman–Crippen LogP) is 3.12. The minimum Gasteiger partial charge on any atom is -0.394 e. The van der Waals surface area contributed by atoms with Gasteiger partial charge in [-0.15, -0.1) is 0 Å². The molecule has 0 saturated carbocycles.